The van der Waals surface area contributed by atoms with Crippen LogP contribution >= 0.6 is 27.3 Å². The van der Waals surface area contributed by atoms with Crippen molar-refractivity contribution in [1.29, 1.82) is 0 Å². The molecule has 0 aromatic carbocycles. The number of ether oxygens (including phenoxy) is 1. The number of rotatable bonds is 2. The monoisotopic (exact) mass is 287 g/mol. The molecule has 1 atom stereocenters. The maximum absolute atomic E-state index is 5.96. The number of nitrogens with one attached hydrogen (secondary N) is 1. The van der Waals surface area contributed by atoms with E-state index in [1.807, 2.05) is 18.4 Å². The van der Waals surface area contributed by atoms with Crippen LogP contribution in [-0.2, 0) is 10.2 Å². The summed E-state index contributed by atoms with van der Waals surface area (Å²) in [5.41, 5.74) is 1.91. The largest absolute Gasteiger partial charge is 0.370 e. The minimum Gasteiger partial charge on any atom is -0.370 e. The van der Waals surface area contributed by atoms with Crippen molar-refractivity contribution in [2.75, 3.05) is 20.2 Å². The van der Waals surface area contributed by atoms with Gasteiger partial charge in [-0.25, -0.2) is 0 Å². The standard InChI is InChI=1S/C11H14BrNOS/c1-13-4-8-10-9(7(12)5-15-10)11(2-3-11)6-14-8/h5,8,13H,2-4,6H2,1H3. The predicted molar refractivity (Wildman–Crippen MR) is 65.6 cm³/mol. The zero-order chi connectivity index (χ0) is 10.5. The molecule has 1 fully saturated rings. The first-order chi connectivity index (χ1) is 7.27. The molecule has 4 heteroatoms. The number of fused-ring (bicyclic) bond motifs is 2. The fourth-order valence-electron chi connectivity index (χ4n) is 2.39. The molecule has 3 rings (SSSR count). The lowest BCUT2D eigenvalue weighted by Crippen LogP contribution is -2.30. The Kier molecular flexibility index (Phi) is 2.43. The normalized spacial score (nSPS) is 26.7. The fourth-order valence-corrected chi connectivity index (χ4v) is 4.53. The highest BCUT2D eigenvalue weighted by Crippen LogP contribution is 2.57. The van der Waals surface area contributed by atoms with Gasteiger partial charge in [-0.1, -0.05) is 0 Å². The summed E-state index contributed by atoms with van der Waals surface area (Å²) in [4.78, 5) is 1.43. The maximum atomic E-state index is 5.96. The Balaban J connectivity index is 2.02. The van der Waals surface area contributed by atoms with Gasteiger partial charge in [-0.05, 0) is 41.4 Å². The average Bonchev–Trinajstić information content (AvgIpc) is 2.88. The second-order valence-electron chi connectivity index (χ2n) is 4.46. The molecule has 1 N–H and O–H groups in total. The molecule has 2 nitrogen and oxygen atoms in total. The zero-order valence-corrected chi connectivity index (χ0v) is 11.1. The van der Waals surface area contributed by atoms with Gasteiger partial charge in [0.05, 0.1) is 6.61 Å². The first kappa shape index (κ1) is 10.3. The summed E-state index contributed by atoms with van der Waals surface area (Å²) in [7, 11) is 1.98. The van der Waals surface area contributed by atoms with E-state index in [1.54, 1.807) is 5.56 Å². The lowest BCUT2D eigenvalue weighted by Gasteiger charge is -2.29. The molecule has 1 aliphatic carbocycles. The van der Waals surface area contributed by atoms with Crippen LogP contribution in [0.3, 0.4) is 0 Å². The summed E-state index contributed by atoms with van der Waals surface area (Å²) in [5.74, 6) is 0. The topological polar surface area (TPSA) is 21.3 Å². The van der Waals surface area contributed by atoms with E-state index in [1.165, 1.54) is 22.2 Å². The van der Waals surface area contributed by atoms with E-state index in [-0.39, 0.29) is 6.10 Å². The Labute approximate surface area is 102 Å². The Morgan fingerprint density at radius 1 is 1.67 bits per heavy atom. The number of likely N-dealkylation sites (N-methyl/N-ethyl adjacent to an activating group) is 1. The van der Waals surface area contributed by atoms with Gasteiger partial charge in [0, 0.05) is 26.7 Å². The highest BCUT2D eigenvalue weighted by molar-refractivity contribution is 9.10. The lowest BCUT2D eigenvalue weighted by molar-refractivity contribution is 0.0259. The summed E-state index contributed by atoms with van der Waals surface area (Å²) in [6.07, 6.45) is 2.84. The second kappa shape index (κ2) is 3.55. The Morgan fingerprint density at radius 3 is 3.13 bits per heavy atom. The molecule has 2 heterocycles. The molecule has 1 aromatic heterocycles. The third-order valence-corrected chi connectivity index (χ3v) is 5.40. The molecule has 1 unspecified atom stereocenters. The number of halogens is 1. The summed E-state index contributed by atoms with van der Waals surface area (Å²) in [5, 5.41) is 5.41. The van der Waals surface area contributed by atoms with Crippen LogP contribution in [0.1, 0.15) is 29.4 Å². The summed E-state index contributed by atoms with van der Waals surface area (Å²) >= 11 is 5.51. The van der Waals surface area contributed by atoms with Gasteiger partial charge in [0.15, 0.2) is 0 Å². The van der Waals surface area contributed by atoms with Crippen LogP contribution in [0.25, 0.3) is 0 Å². The van der Waals surface area contributed by atoms with E-state index in [2.05, 4.69) is 26.6 Å². The molecular formula is C11H14BrNOS. The van der Waals surface area contributed by atoms with E-state index in [0.29, 0.717) is 5.41 Å². The highest BCUT2D eigenvalue weighted by atomic mass is 79.9. The molecule has 1 saturated carbocycles. The molecule has 2 aliphatic rings. The Morgan fingerprint density at radius 2 is 2.47 bits per heavy atom. The van der Waals surface area contributed by atoms with Crippen molar-refractivity contribution in [1.82, 2.24) is 5.32 Å². The van der Waals surface area contributed by atoms with Crippen LogP contribution in [0.4, 0.5) is 0 Å². The van der Waals surface area contributed by atoms with Gasteiger partial charge >= 0.3 is 0 Å². The zero-order valence-electron chi connectivity index (χ0n) is 8.68. The summed E-state index contributed by atoms with van der Waals surface area (Å²) in [6.45, 7) is 1.82. The van der Waals surface area contributed by atoms with Gasteiger partial charge < -0.3 is 10.1 Å². The molecule has 1 aromatic rings. The van der Waals surface area contributed by atoms with Crippen molar-refractivity contribution >= 4 is 27.3 Å². The smallest absolute Gasteiger partial charge is 0.104 e. The molecule has 0 radical (unpaired) electrons. The van der Waals surface area contributed by atoms with Crippen LogP contribution in [-0.4, -0.2) is 20.2 Å². The molecule has 0 amide bonds. The van der Waals surface area contributed by atoms with E-state index < -0.39 is 0 Å². The van der Waals surface area contributed by atoms with E-state index in [9.17, 15) is 0 Å². The average molecular weight is 288 g/mol. The third-order valence-electron chi connectivity index (χ3n) is 3.40. The molecule has 15 heavy (non-hydrogen) atoms. The van der Waals surface area contributed by atoms with E-state index >= 15 is 0 Å². The van der Waals surface area contributed by atoms with Gasteiger partial charge in [-0.15, -0.1) is 11.3 Å². The fraction of sp³-hybridized carbons (Fsp3) is 0.636. The van der Waals surface area contributed by atoms with Crippen molar-refractivity contribution in [3.05, 3.63) is 20.3 Å². The van der Waals surface area contributed by atoms with Gasteiger partial charge in [0.25, 0.3) is 0 Å². The van der Waals surface area contributed by atoms with E-state index in [4.69, 9.17) is 4.74 Å². The summed E-state index contributed by atoms with van der Waals surface area (Å²) in [6, 6.07) is 0. The van der Waals surface area contributed by atoms with Crippen molar-refractivity contribution in [3.8, 4) is 0 Å². The van der Waals surface area contributed by atoms with Crippen LogP contribution in [0.15, 0.2) is 9.85 Å². The van der Waals surface area contributed by atoms with Gasteiger partial charge in [0.2, 0.25) is 0 Å². The van der Waals surface area contributed by atoms with Gasteiger partial charge in [0.1, 0.15) is 6.10 Å². The Hall–Kier alpha value is 0.1000. The number of hydrogen-bond acceptors (Lipinski definition) is 3. The maximum Gasteiger partial charge on any atom is 0.104 e. The SMILES string of the molecule is CNCC1OCC2(CC2)c2c(Br)csc21. The molecule has 0 bridgehead atoms. The van der Waals surface area contributed by atoms with Crippen molar-refractivity contribution in [3.63, 3.8) is 0 Å². The molecule has 82 valence electrons. The van der Waals surface area contributed by atoms with Crippen molar-refractivity contribution < 1.29 is 4.74 Å². The van der Waals surface area contributed by atoms with Gasteiger partial charge in [-0.2, -0.15) is 0 Å². The minimum absolute atomic E-state index is 0.257. The van der Waals surface area contributed by atoms with Crippen LogP contribution < -0.4 is 5.32 Å². The first-order valence-corrected chi connectivity index (χ1v) is 6.98. The number of hydrogen-bond donors (Lipinski definition) is 1. The Bertz CT molecular complexity index is 386. The predicted octanol–water partition coefficient (Wildman–Crippen LogP) is 2.83. The minimum atomic E-state index is 0.257. The molecule has 1 spiro atoms. The van der Waals surface area contributed by atoms with Gasteiger partial charge in [-0.3, -0.25) is 0 Å². The molecular weight excluding hydrogens is 274 g/mol. The third kappa shape index (κ3) is 1.50. The lowest BCUT2D eigenvalue weighted by atomic mass is 9.93. The quantitative estimate of drug-likeness (QED) is 0.903. The van der Waals surface area contributed by atoms with Crippen molar-refractivity contribution in [2.45, 2.75) is 24.4 Å². The summed E-state index contributed by atoms with van der Waals surface area (Å²) < 4.78 is 7.26. The number of thiophene rings is 1. The van der Waals surface area contributed by atoms with Crippen molar-refractivity contribution in [2.24, 2.45) is 0 Å². The molecule has 0 saturated heterocycles. The van der Waals surface area contributed by atoms with Crippen LogP contribution in [0.5, 0.6) is 0 Å². The molecule has 1 aliphatic heterocycles. The first-order valence-electron chi connectivity index (χ1n) is 5.30. The van der Waals surface area contributed by atoms with Crippen LogP contribution in [0.2, 0.25) is 0 Å². The highest BCUT2D eigenvalue weighted by Gasteiger charge is 2.51. The van der Waals surface area contributed by atoms with Crippen LogP contribution in [0, 0.1) is 0 Å². The van der Waals surface area contributed by atoms with E-state index in [0.717, 1.165) is 13.2 Å². The second-order valence-corrected chi connectivity index (χ2v) is 6.23.